The molecule has 1 nitrogen and oxygen atoms in total. The van der Waals surface area contributed by atoms with Gasteiger partial charge in [-0.25, -0.2) is 0 Å². The summed E-state index contributed by atoms with van der Waals surface area (Å²) in [5.74, 6) is 4.03. The Morgan fingerprint density at radius 3 is 2.59 bits per heavy atom. The molecule has 0 radical (unpaired) electrons. The Morgan fingerprint density at radius 1 is 1.06 bits per heavy atom. The first-order chi connectivity index (χ1) is 8.19. The highest BCUT2D eigenvalue weighted by molar-refractivity contribution is 5.53. The summed E-state index contributed by atoms with van der Waals surface area (Å²) in [5.41, 5.74) is 0. The van der Waals surface area contributed by atoms with E-state index in [1.807, 2.05) is 0 Å². The second-order valence-electron chi connectivity index (χ2n) is 6.82. The van der Waals surface area contributed by atoms with E-state index in [0.717, 1.165) is 30.1 Å². The van der Waals surface area contributed by atoms with Crippen LogP contribution in [0, 0.1) is 29.6 Å². The summed E-state index contributed by atoms with van der Waals surface area (Å²) >= 11 is 0. The summed E-state index contributed by atoms with van der Waals surface area (Å²) < 4.78 is 0. The SMILES string of the molecule is CC1CCC(CC2CCCC(C=O)C2)C(C)C1. The molecule has 2 fully saturated rings. The monoisotopic (exact) mass is 236 g/mol. The lowest BCUT2D eigenvalue weighted by molar-refractivity contribution is -0.112. The Morgan fingerprint density at radius 2 is 1.88 bits per heavy atom. The molecule has 0 heterocycles. The first kappa shape index (κ1) is 13.1. The highest BCUT2D eigenvalue weighted by Gasteiger charge is 2.29. The van der Waals surface area contributed by atoms with Crippen molar-refractivity contribution < 1.29 is 4.79 Å². The van der Waals surface area contributed by atoms with Crippen LogP contribution in [0.3, 0.4) is 0 Å². The van der Waals surface area contributed by atoms with Crippen LogP contribution >= 0.6 is 0 Å². The third kappa shape index (κ3) is 3.56. The fourth-order valence-electron chi connectivity index (χ4n) is 4.18. The molecule has 0 spiro atoms. The number of rotatable bonds is 3. The topological polar surface area (TPSA) is 17.1 Å². The summed E-state index contributed by atoms with van der Waals surface area (Å²) in [5, 5.41) is 0. The smallest absolute Gasteiger partial charge is 0.123 e. The van der Waals surface area contributed by atoms with Crippen molar-refractivity contribution in [2.24, 2.45) is 29.6 Å². The molecule has 2 rings (SSSR count). The lowest BCUT2D eigenvalue weighted by Crippen LogP contribution is -2.26. The Bertz CT molecular complexity index is 248. The fourth-order valence-corrected chi connectivity index (χ4v) is 4.18. The van der Waals surface area contributed by atoms with Crippen molar-refractivity contribution in [2.45, 2.75) is 65.2 Å². The van der Waals surface area contributed by atoms with E-state index in [0.29, 0.717) is 5.92 Å². The minimum atomic E-state index is 0.381. The van der Waals surface area contributed by atoms with Gasteiger partial charge in [0.05, 0.1) is 0 Å². The zero-order valence-corrected chi connectivity index (χ0v) is 11.5. The van der Waals surface area contributed by atoms with Gasteiger partial charge in [-0.05, 0) is 55.8 Å². The second-order valence-corrected chi connectivity index (χ2v) is 6.82. The van der Waals surface area contributed by atoms with Gasteiger partial charge >= 0.3 is 0 Å². The van der Waals surface area contributed by atoms with Gasteiger partial charge in [-0.2, -0.15) is 0 Å². The zero-order chi connectivity index (χ0) is 12.3. The number of hydrogen-bond donors (Lipinski definition) is 0. The van der Waals surface area contributed by atoms with E-state index in [1.165, 1.54) is 51.2 Å². The predicted octanol–water partition coefficient (Wildman–Crippen LogP) is 4.45. The minimum absolute atomic E-state index is 0.381. The van der Waals surface area contributed by atoms with Gasteiger partial charge in [-0.3, -0.25) is 0 Å². The van der Waals surface area contributed by atoms with E-state index in [2.05, 4.69) is 13.8 Å². The Balaban J connectivity index is 1.81. The Labute approximate surface area is 106 Å². The van der Waals surface area contributed by atoms with Gasteiger partial charge in [-0.15, -0.1) is 0 Å². The molecule has 17 heavy (non-hydrogen) atoms. The number of carbonyl (C=O) groups excluding carboxylic acids is 1. The van der Waals surface area contributed by atoms with Gasteiger partial charge in [-0.1, -0.05) is 33.1 Å². The lowest BCUT2D eigenvalue weighted by Gasteiger charge is -2.36. The normalized spacial score (nSPS) is 43.3. The van der Waals surface area contributed by atoms with E-state index in [9.17, 15) is 4.79 Å². The van der Waals surface area contributed by atoms with Crippen molar-refractivity contribution in [1.29, 1.82) is 0 Å². The van der Waals surface area contributed by atoms with Gasteiger partial charge in [0.15, 0.2) is 0 Å². The molecule has 0 bridgehead atoms. The minimum Gasteiger partial charge on any atom is -0.303 e. The van der Waals surface area contributed by atoms with Crippen LogP contribution in [-0.2, 0) is 4.79 Å². The molecule has 0 saturated heterocycles. The molecule has 0 aromatic carbocycles. The van der Waals surface area contributed by atoms with E-state index in [1.54, 1.807) is 0 Å². The van der Waals surface area contributed by atoms with Crippen molar-refractivity contribution >= 4 is 6.29 Å². The molecule has 0 aromatic heterocycles. The van der Waals surface area contributed by atoms with Crippen LogP contribution < -0.4 is 0 Å². The van der Waals surface area contributed by atoms with Gasteiger partial charge < -0.3 is 4.79 Å². The molecule has 5 atom stereocenters. The quantitative estimate of drug-likeness (QED) is 0.661. The first-order valence-electron chi connectivity index (χ1n) is 7.64. The van der Waals surface area contributed by atoms with Crippen LogP contribution in [0.15, 0.2) is 0 Å². The molecule has 2 aliphatic carbocycles. The van der Waals surface area contributed by atoms with Crippen LogP contribution in [-0.4, -0.2) is 6.29 Å². The molecule has 0 N–H and O–H groups in total. The van der Waals surface area contributed by atoms with Gasteiger partial charge in [0.1, 0.15) is 6.29 Å². The summed E-state index contributed by atoms with van der Waals surface area (Å²) in [6.45, 7) is 4.84. The lowest BCUT2D eigenvalue weighted by atomic mass is 9.69. The maximum Gasteiger partial charge on any atom is 0.123 e. The Hall–Kier alpha value is -0.330. The standard InChI is InChI=1S/C16H28O/c1-12-6-7-16(13(2)8-12)10-14-4-3-5-15(9-14)11-17/h11-16H,3-10H2,1-2H3. The summed E-state index contributed by atoms with van der Waals surface area (Å²) in [6.07, 6.45) is 11.9. The van der Waals surface area contributed by atoms with Crippen LogP contribution in [0.2, 0.25) is 0 Å². The van der Waals surface area contributed by atoms with Crippen molar-refractivity contribution in [3.8, 4) is 0 Å². The van der Waals surface area contributed by atoms with E-state index < -0.39 is 0 Å². The van der Waals surface area contributed by atoms with Gasteiger partial charge in [0, 0.05) is 5.92 Å². The number of aldehydes is 1. The van der Waals surface area contributed by atoms with Crippen molar-refractivity contribution in [2.75, 3.05) is 0 Å². The summed E-state index contributed by atoms with van der Waals surface area (Å²) in [6, 6.07) is 0. The summed E-state index contributed by atoms with van der Waals surface area (Å²) in [4.78, 5) is 10.9. The highest BCUT2D eigenvalue weighted by atomic mass is 16.1. The predicted molar refractivity (Wildman–Crippen MR) is 71.8 cm³/mol. The number of hydrogen-bond acceptors (Lipinski definition) is 1. The van der Waals surface area contributed by atoms with Crippen molar-refractivity contribution in [1.82, 2.24) is 0 Å². The molecule has 0 amide bonds. The van der Waals surface area contributed by atoms with Crippen LogP contribution in [0.1, 0.15) is 65.2 Å². The fraction of sp³-hybridized carbons (Fsp3) is 0.938. The highest BCUT2D eigenvalue weighted by Crippen LogP contribution is 2.40. The molecule has 2 saturated carbocycles. The molecule has 0 aliphatic heterocycles. The maximum absolute atomic E-state index is 10.9. The third-order valence-corrected chi connectivity index (χ3v) is 5.26. The van der Waals surface area contributed by atoms with Crippen molar-refractivity contribution in [3.63, 3.8) is 0 Å². The molecule has 98 valence electrons. The average Bonchev–Trinajstić information content (AvgIpc) is 2.33. The van der Waals surface area contributed by atoms with Gasteiger partial charge in [0.25, 0.3) is 0 Å². The van der Waals surface area contributed by atoms with Crippen LogP contribution in [0.4, 0.5) is 0 Å². The third-order valence-electron chi connectivity index (χ3n) is 5.26. The molecule has 2 aliphatic rings. The van der Waals surface area contributed by atoms with E-state index in [4.69, 9.17) is 0 Å². The van der Waals surface area contributed by atoms with Crippen LogP contribution in [0.5, 0.6) is 0 Å². The zero-order valence-electron chi connectivity index (χ0n) is 11.5. The van der Waals surface area contributed by atoms with E-state index >= 15 is 0 Å². The average molecular weight is 236 g/mol. The van der Waals surface area contributed by atoms with E-state index in [-0.39, 0.29) is 0 Å². The maximum atomic E-state index is 10.9. The second kappa shape index (κ2) is 6.02. The molecule has 0 aromatic rings. The molecule has 1 heteroatoms. The largest absolute Gasteiger partial charge is 0.303 e. The summed E-state index contributed by atoms with van der Waals surface area (Å²) in [7, 11) is 0. The van der Waals surface area contributed by atoms with Gasteiger partial charge in [0.2, 0.25) is 0 Å². The first-order valence-corrected chi connectivity index (χ1v) is 7.64. The molecular formula is C16H28O. The van der Waals surface area contributed by atoms with Crippen molar-refractivity contribution in [3.05, 3.63) is 0 Å². The number of carbonyl (C=O) groups is 1. The molecule has 5 unspecified atom stereocenters. The molecular weight excluding hydrogens is 208 g/mol. The Kier molecular flexibility index (Phi) is 4.64. The van der Waals surface area contributed by atoms with Crippen LogP contribution in [0.25, 0.3) is 0 Å².